The number of hydrogen-bond acceptors (Lipinski definition) is 5. The summed E-state index contributed by atoms with van der Waals surface area (Å²) in [6.07, 6.45) is 3.02. The van der Waals surface area contributed by atoms with Gasteiger partial charge in [-0.25, -0.2) is 17.8 Å². The summed E-state index contributed by atoms with van der Waals surface area (Å²) in [4.78, 5) is 21.1. The van der Waals surface area contributed by atoms with Crippen LogP contribution < -0.4 is 4.74 Å². The van der Waals surface area contributed by atoms with Gasteiger partial charge in [0, 0.05) is 50.0 Å². The van der Waals surface area contributed by atoms with E-state index < -0.39 is 15.8 Å². The van der Waals surface area contributed by atoms with Gasteiger partial charge < -0.3 is 14.6 Å². The number of rotatable bonds is 5. The molecule has 8 nitrogen and oxygen atoms in total. The number of benzene rings is 1. The van der Waals surface area contributed by atoms with Gasteiger partial charge in [-0.15, -0.1) is 0 Å². The number of H-pyrrole nitrogens is 1. The van der Waals surface area contributed by atoms with Crippen molar-refractivity contribution in [3.8, 4) is 5.75 Å². The molecule has 3 aromatic rings. The molecule has 30 heavy (non-hydrogen) atoms. The summed E-state index contributed by atoms with van der Waals surface area (Å²) in [5.74, 6) is -0.577. The molecule has 2 aromatic heterocycles. The molecule has 0 radical (unpaired) electrons. The van der Waals surface area contributed by atoms with Gasteiger partial charge in [0.2, 0.25) is 10.0 Å². The predicted molar refractivity (Wildman–Crippen MR) is 108 cm³/mol. The smallest absolute Gasteiger partial charge is 0.260 e. The molecule has 1 aliphatic heterocycles. The quantitative estimate of drug-likeness (QED) is 0.640. The summed E-state index contributed by atoms with van der Waals surface area (Å²) < 4.78 is 45.9. The van der Waals surface area contributed by atoms with E-state index in [0.717, 1.165) is 6.07 Å². The molecule has 0 unspecified atom stereocenters. The number of halogens is 2. The van der Waals surface area contributed by atoms with E-state index in [1.54, 1.807) is 18.3 Å². The van der Waals surface area contributed by atoms with Gasteiger partial charge in [0.25, 0.3) is 5.91 Å². The van der Waals surface area contributed by atoms with Crippen LogP contribution in [0.2, 0.25) is 5.02 Å². The molecule has 158 valence electrons. The molecule has 11 heteroatoms. The van der Waals surface area contributed by atoms with Gasteiger partial charge >= 0.3 is 0 Å². The zero-order valence-corrected chi connectivity index (χ0v) is 17.3. The number of nitrogens with zero attached hydrogens (tertiary/aromatic N) is 3. The fourth-order valence-corrected chi connectivity index (χ4v) is 5.01. The summed E-state index contributed by atoms with van der Waals surface area (Å²) in [7, 11) is -3.72. The van der Waals surface area contributed by atoms with E-state index in [4.69, 9.17) is 16.3 Å². The zero-order valence-electron chi connectivity index (χ0n) is 15.7. The number of nitrogens with one attached hydrogen (secondary N) is 1. The molecule has 0 atom stereocenters. The van der Waals surface area contributed by atoms with Gasteiger partial charge in [-0.2, -0.15) is 4.31 Å². The fraction of sp³-hybridized carbons (Fsp3) is 0.263. The Labute approximate surface area is 177 Å². The minimum absolute atomic E-state index is 0.0914. The molecule has 1 aliphatic rings. The lowest BCUT2D eigenvalue weighted by atomic mass is 10.3. The number of aromatic amines is 1. The van der Waals surface area contributed by atoms with Crippen LogP contribution in [0.5, 0.6) is 5.75 Å². The summed E-state index contributed by atoms with van der Waals surface area (Å²) in [6.45, 7) is 0.577. The molecule has 0 spiro atoms. The monoisotopic (exact) mass is 452 g/mol. The lowest BCUT2D eigenvalue weighted by Crippen LogP contribution is -2.51. The lowest BCUT2D eigenvalue weighted by molar-refractivity contribution is -0.134. The minimum atomic E-state index is -3.72. The van der Waals surface area contributed by atoms with E-state index >= 15 is 0 Å². The number of carbonyl (C=O) groups is 1. The van der Waals surface area contributed by atoms with Crippen LogP contribution in [0.25, 0.3) is 11.0 Å². The Hall–Kier alpha value is -2.69. The third-order valence-electron chi connectivity index (χ3n) is 4.88. The van der Waals surface area contributed by atoms with Gasteiger partial charge in [-0.3, -0.25) is 4.79 Å². The Morgan fingerprint density at radius 2 is 2.00 bits per heavy atom. The number of ether oxygens (including phenoxy) is 1. The number of fused-ring (bicyclic) bond motifs is 1. The molecule has 1 aromatic carbocycles. The molecule has 1 N–H and O–H groups in total. The van der Waals surface area contributed by atoms with E-state index in [-0.39, 0.29) is 54.4 Å². The number of pyridine rings is 1. The molecule has 1 amide bonds. The fourth-order valence-electron chi connectivity index (χ4n) is 3.26. The van der Waals surface area contributed by atoms with Crippen molar-refractivity contribution in [1.82, 2.24) is 19.2 Å². The molecule has 3 heterocycles. The number of hydrogen-bond donors (Lipinski definition) is 1. The lowest BCUT2D eigenvalue weighted by Gasteiger charge is -2.33. The molecule has 0 saturated carbocycles. The first-order valence-electron chi connectivity index (χ1n) is 9.14. The van der Waals surface area contributed by atoms with Crippen LogP contribution in [0.15, 0.2) is 47.6 Å². The highest BCUT2D eigenvalue weighted by atomic mass is 35.5. The normalized spacial score (nSPS) is 15.5. The van der Waals surface area contributed by atoms with Crippen molar-refractivity contribution in [1.29, 1.82) is 0 Å². The molecule has 4 rings (SSSR count). The van der Waals surface area contributed by atoms with Crippen LogP contribution in [-0.4, -0.2) is 66.3 Å². The van der Waals surface area contributed by atoms with Crippen molar-refractivity contribution in [2.75, 3.05) is 32.8 Å². The maximum absolute atomic E-state index is 13.2. The summed E-state index contributed by atoms with van der Waals surface area (Å²) in [6, 6.07) is 7.22. The summed E-state index contributed by atoms with van der Waals surface area (Å²) in [5.41, 5.74) is 0.503. The van der Waals surface area contributed by atoms with E-state index in [0.29, 0.717) is 11.0 Å². The largest absolute Gasteiger partial charge is 0.484 e. The van der Waals surface area contributed by atoms with Crippen molar-refractivity contribution in [3.63, 3.8) is 0 Å². The number of carbonyl (C=O) groups excluding carboxylic acids is 1. The second-order valence-electron chi connectivity index (χ2n) is 6.70. The second-order valence-corrected chi connectivity index (χ2v) is 9.02. The zero-order chi connectivity index (χ0) is 21.3. The SMILES string of the molecule is O=C(COc1ccc(F)c(Cl)c1)N1CCN(S(=O)(=O)c2c[nH]c3ncccc23)CC1. The Kier molecular flexibility index (Phi) is 5.63. The number of piperazine rings is 1. The topological polar surface area (TPSA) is 95.6 Å². The highest BCUT2D eigenvalue weighted by Crippen LogP contribution is 2.25. The third kappa shape index (κ3) is 3.98. The van der Waals surface area contributed by atoms with Gasteiger partial charge in [-0.05, 0) is 24.3 Å². The van der Waals surface area contributed by atoms with Crippen molar-refractivity contribution in [3.05, 3.63) is 53.6 Å². The standard InChI is InChI=1S/C19H18ClFN4O4S/c20-15-10-13(3-4-16(15)21)29-12-18(26)24-6-8-25(9-7-24)30(27,28)17-11-23-19-14(17)2-1-5-22-19/h1-5,10-11H,6-9,12H2,(H,22,23). The van der Waals surface area contributed by atoms with E-state index in [1.165, 1.54) is 27.5 Å². The van der Waals surface area contributed by atoms with Gasteiger partial charge in [0.1, 0.15) is 22.1 Å². The van der Waals surface area contributed by atoms with Crippen molar-refractivity contribution < 1.29 is 22.3 Å². The predicted octanol–water partition coefficient (Wildman–Crippen LogP) is 2.27. The molecule has 1 saturated heterocycles. The second kappa shape index (κ2) is 8.21. The average Bonchev–Trinajstić information content (AvgIpc) is 3.19. The molecule has 0 aliphatic carbocycles. The number of aromatic nitrogens is 2. The number of sulfonamides is 1. The molecular weight excluding hydrogens is 435 g/mol. The first-order chi connectivity index (χ1) is 14.4. The molecular formula is C19H18ClFN4O4S. The first kappa shape index (κ1) is 20.6. The van der Waals surface area contributed by atoms with Crippen LogP contribution in [-0.2, 0) is 14.8 Å². The maximum Gasteiger partial charge on any atom is 0.260 e. The highest BCUT2D eigenvalue weighted by Gasteiger charge is 2.32. The Bertz CT molecular complexity index is 1190. The van der Waals surface area contributed by atoms with E-state index in [2.05, 4.69) is 9.97 Å². The van der Waals surface area contributed by atoms with Crippen molar-refractivity contribution >= 4 is 38.6 Å². The Balaban J connectivity index is 1.37. The minimum Gasteiger partial charge on any atom is -0.484 e. The van der Waals surface area contributed by atoms with Gasteiger partial charge in [0.05, 0.1) is 5.02 Å². The maximum atomic E-state index is 13.2. The average molecular weight is 453 g/mol. The molecule has 0 bridgehead atoms. The Morgan fingerprint density at radius 1 is 1.23 bits per heavy atom. The highest BCUT2D eigenvalue weighted by molar-refractivity contribution is 7.89. The van der Waals surface area contributed by atoms with E-state index in [1.807, 2.05) is 0 Å². The van der Waals surface area contributed by atoms with Crippen LogP contribution in [0.1, 0.15) is 0 Å². The van der Waals surface area contributed by atoms with Crippen LogP contribution in [0, 0.1) is 5.82 Å². The van der Waals surface area contributed by atoms with Gasteiger partial charge in [-0.1, -0.05) is 11.6 Å². The summed E-state index contributed by atoms with van der Waals surface area (Å²) >= 11 is 5.70. The first-order valence-corrected chi connectivity index (χ1v) is 11.0. The van der Waals surface area contributed by atoms with Crippen LogP contribution in [0.3, 0.4) is 0 Å². The van der Waals surface area contributed by atoms with Crippen molar-refractivity contribution in [2.45, 2.75) is 4.90 Å². The van der Waals surface area contributed by atoms with Crippen LogP contribution >= 0.6 is 11.6 Å². The number of amides is 1. The third-order valence-corrected chi connectivity index (χ3v) is 7.10. The van der Waals surface area contributed by atoms with Crippen LogP contribution in [0.4, 0.5) is 4.39 Å². The molecule has 1 fully saturated rings. The van der Waals surface area contributed by atoms with Gasteiger partial charge in [0.15, 0.2) is 6.61 Å². The summed E-state index contributed by atoms with van der Waals surface area (Å²) in [5, 5.41) is 0.439. The van der Waals surface area contributed by atoms with Crippen molar-refractivity contribution in [2.24, 2.45) is 0 Å². The Morgan fingerprint density at radius 3 is 2.73 bits per heavy atom. The van der Waals surface area contributed by atoms with E-state index in [9.17, 15) is 17.6 Å².